The fourth-order valence-corrected chi connectivity index (χ4v) is 3.45. The molecule has 2 nitrogen and oxygen atoms in total. The van der Waals surface area contributed by atoms with Crippen LogP contribution in [0.15, 0.2) is 24.3 Å². The van der Waals surface area contributed by atoms with Gasteiger partial charge < -0.3 is 5.11 Å². The first-order chi connectivity index (χ1) is 9.24. The topological polar surface area (TPSA) is 23.5 Å². The molecule has 19 heavy (non-hydrogen) atoms. The molecule has 0 bridgehead atoms. The predicted molar refractivity (Wildman–Crippen MR) is 73.3 cm³/mol. The van der Waals surface area contributed by atoms with E-state index in [1.807, 2.05) is 0 Å². The standard InChI is InChI=1S/C16H22FNO/c17-14-8-6-13(7-9-14)16(19)11-18-10-2-5-15(18)12-3-1-4-12/h6-9,12,15-16,19H,1-5,10-11H2. The lowest BCUT2D eigenvalue weighted by atomic mass is 9.78. The van der Waals surface area contributed by atoms with E-state index >= 15 is 0 Å². The van der Waals surface area contributed by atoms with E-state index in [9.17, 15) is 9.50 Å². The maximum Gasteiger partial charge on any atom is 0.123 e. The Morgan fingerprint density at radius 3 is 2.53 bits per heavy atom. The molecule has 1 saturated carbocycles. The van der Waals surface area contributed by atoms with Gasteiger partial charge in [-0.15, -0.1) is 0 Å². The Kier molecular flexibility index (Phi) is 3.85. The summed E-state index contributed by atoms with van der Waals surface area (Å²) in [5.41, 5.74) is 0.820. The van der Waals surface area contributed by atoms with Crippen LogP contribution in [0.25, 0.3) is 0 Å². The molecule has 2 aliphatic rings. The van der Waals surface area contributed by atoms with Gasteiger partial charge in [-0.2, -0.15) is 0 Å². The van der Waals surface area contributed by atoms with Crippen LogP contribution < -0.4 is 0 Å². The van der Waals surface area contributed by atoms with Gasteiger partial charge in [0.2, 0.25) is 0 Å². The third-order valence-electron chi connectivity index (χ3n) is 4.77. The summed E-state index contributed by atoms with van der Waals surface area (Å²) < 4.78 is 12.9. The van der Waals surface area contributed by atoms with Gasteiger partial charge >= 0.3 is 0 Å². The van der Waals surface area contributed by atoms with Crippen molar-refractivity contribution in [2.75, 3.05) is 13.1 Å². The Morgan fingerprint density at radius 2 is 1.89 bits per heavy atom. The minimum Gasteiger partial charge on any atom is -0.387 e. The lowest BCUT2D eigenvalue weighted by Crippen LogP contribution is -2.40. The number of benzene rings is 1. The van der Waals surface area contributed by atoms with Crippen molar-refractivity contribution in [1.82, 2.24) is 4.90 Å². The van der Waals surface area contributed by atoms with E-state index in [0.717, 1.165) is 18.0 Å². The molecule has 2 atom stereocenters. The average Bonchev–Trinajstić information content (AvgIpc) is 2.76. The molecule has 3 heteroatoms. The molecule has 1 aliphatic heterocycles. The minimum absolute atomic E-state index is 0.246. The normalized spacial score (nSPS) is 26.3. The number of aliphatic hydroxyl groups excluding tert-OH is 1. The van der Waals surface area contributed by atoms with Crippen LogP contribution in [0.3, 0.4) is 0 Å². The van der Waals surface area contributed by atoms with Gasteiger partial charge in [0.05, 0.1) is 6.10 Å². The van der Waals surface area contributed by atoms with E-state index in [1.54, 1.807) is 12.1 Å². The van der Waals surface area contributed by atoms with Gasteiger partial charge in [-0.05, 0) is 55.8 Å². The lowest BCUT2D eigenvalue weighted by molar-refractivity contribution is 0.0699. The zero-order valence-electron chi connectivity index (χ0n) is 11.3. The van der Waals surface area contributed by atoms with Gasteiger partial charge in [0.15, 0.2) is 0 Å². The number of β-amino-alcohol motifs (C(OH)–C–C–N with tert-alkyl or cyclic N) is 1. The first-order valence-corrected chi connectivity index (χ1v) is 7.41. The van der Waals surface area contributed by atoms with E-state index in [0.29, 0.717) is 12.6 Å². The Hall–Kier alpha value is -0.930. The van der Waals surface area contributed by atoms with Crippen molar-refractivity contribution in [2.45, 2.75) is 44.2 Å². The van der Waals surface area contributed by atoms with E-state index in [-0.39, 0.29) is 5.82 Å². The number of hydrogen-bond acceptors (Lipinski definition) is 2. The summed E-state index contributed by atoms with van der Waals surface area (Å²) in [7, 11) is 0. The van der Waals surface area contributed by atoms with Crippen molar-refractivity contribution in [3.05, 3.63) is 35.6 Å². The molecule has 1 saturated heterocycles. The molecule has 1 aliphatic carbocycles. The first-order valence-electron chi connectivity index (χ1n) is 7.41. The lowest BCUT2D eigenvalue weighted by Gasteiger charge is -2.37. The molecule has 0 amide bonds. The molecular weight excluding hydrogens is 241 g/mol. The molecule has 3 rings (SSSR count). The Bertz CT molecular complexity index is 415. The smallest absolute Gasteiger partial charge is 0.123 e. The second-order valence-electron chi connectivity index (χ2n) is 5.96. The fraction of sp³-hybridized carbons (Fsp3) is 0.625. The van der Waals surface area contributed by atoms with Crippen molar-refractivity contribution in [1.29, 1.82) is 0 Å². The highest BCUT2D eigenvalue weighted by Crippen LogP contribution is 2.37. The van der Waals surface area contributed by atoms with Gasteiger partial charge in [0, 0.05) is 12.6 Å². The summed E-state index contributed by atoms with van der Waals surface area (Å²) in [5.74, 6) is 0.604. The van der Waals surface area contributed by atoms with Gasteiger partial charge in [0.25, 0.3) is 0 Å². The number of hydrogen-bond donors (Lipinski definition) is 1. The predicted octanol–water partition coefficient (Wildman–Crippen LogP) is 3.12. The van der Waals surface area contributed by atoms with Crippen LogP contribution in [0.5, 0.6) is 0 Å². The maximum absolute atomic E-state index is 12.9. The second kappa shape index (κ2) is 5.59. The zero-order valence-corrected chi connectivity index (χ0v) is 11.3. The molecule has 0 radical (unpaired) electrons. The van der Waals surface area contributed by atoms with Gasteiger partial charge in [-0.3, -0.25) is 4.90 Å². The molecule has 0 spiro atoms. The highest BCUT2D eigenvalue weighted by atomic mass is 19.1. The van der Waals surface area contributed by atoms with Crippen LogP contribution in [0, 0.1) is 11.7 Å². The van der Waals surface area contributed by atoms with Crippen LogP contribution >= 0.6 is 0 Å². The van der Waals surface area contributed by atoms with Crippen molar-refractivity contribution in [3.8, 4) is 0 Å². The van der Waals surface area contributed by atoms with Gasteiger partial charge in [-0.1, -0.05) is 18.6 Å². The highest BCUT2D eigenvalue weighted by molar-refractivity contribution is 5.18. The number of halogens is 1. The highest BCUT2D eigenvalue weighted by Gasteiger charge is 2.35. The number of nitrogens with zero attached hydrogens (tertiary/aromatic N) is 1. The monoisotopic (exact) mass is 263 g/mol. The van der Waals surface area contributed by atoms with Crippen molar-refractivity contribution in [3.63, 3.8) is 0 Å². The maximum atomic E-state index is 12.9. The molecule has 0 aromatic heterocycles. The fourth-order valence-electron chi connectivity index (χ4n) is 3.45. The van der Waals surface area contributed by atoms with Crippen LogP contribution in [-0.4, -0.2) is 29.1 Å². The molecule has 2 unspecified atom stereocenters. The Balaban J connectivity index is 1.61. The quantitative estimate of drug-likeness (QED) is 0.902. The van der Waals surface area contributed by atoms with Gasteiger partial charge in [-0.25, -0.2) is 4.39 Å². The number of rotatable bonds is 4. The third kappa shape index (κ3) is 2.82. The SMILES string of the molecule is OC(CN1CCCC1C1CCC1)c1ccc(F)cc1. The van der Waals surface area contributed by atoms with E-state index in [2.05, 4.69) is 4.90 Å². The average molecular weight is 263 g/mol. The summed E-state index contributed by atoms with van der Waals surface area (Å²) in [5, 5.41) is 10.3. The summed E-state index contributed by atoms with van der Waals surface area (Å²) in [6, 6.07) is 6.89. The van der Waals surface area contributed by atoms with E-state index in [1.165, 1.54) is 44.2 Å². The summed E-state index contributed by atoms with van der Waals surface area (Å²) in [6.45, 7) is 1.78. The van der Waals surface area contributed by atoms with Crippen molar-refractivity contribution >= 4 is 0 Å². The Labute approximate surface area is 114 Å². The van der Waals surface area contributed by atoms with E-state index in [4.69, 9.17) is 0 Å². The molecule has 104 valence electrons. The van der Waals surface area contributed by atoms with Crippen LogP contribution in [0.4, 0.5) is 4.39 Å². The van der Waals surface area contributed by atoms with Crippen molar-refractivity contribution in [2.24, 2.45) is 5.92 Å². The van der Waals surface area contributed by atoms with Crippen LogP contribution in [-0.2, 0) is 0 Å². The number of aliphatic hydroxyl groups is 1. The Morgan fingerprint density at radius 1 is 1.16 bits per heavy atom. The molecule has 2 fully saturated rings. The first kappa shape index (κ1) is 13.1. The molecule has 1 heterocycles. The van der Waals surface area contributed by atoms with Crippen LogP contribution in [0.2, 0.25) is 0 Å². The third-order valence-corrected chi connectivity index (χ3v) is 4.77. The summed E-state index contributed by atoms with van der Waals surface area (Å²) >= 11 is 0. The molecule has 1 N–H and O–H groups in total. The second-order valence-corrected chi connectivity index (χ2v) is 5.96. The van der Waals surface area contributed by atoms with E-state index < -0.39 is 6.10 Å². The molecule has 1 aromatic rings. The minimum atomic E-state index is -0.499. The van der Waals surface area contributed by atoms with Gasteiger partial charge in [0.1, 0.15) is 5.82 Å². The van der Waals surface area contributed by atoms with Crippen LogP contribution in [0.1, 0.15) is 43.8 Å². The summed E-state index contributed by atoms with van der Waals surface area (Å²) in [4.78, 5) is 2.44. The summed E-state index contributed by atoms with van der Waals surface area (Å²) in [6.07, 6.45) is 6.11. The van der Waals surface area contributed by atoms with Crippen molar-refractivity contribution < 1.29 is 9.50 Å². The zero-order chi connectivity index (χ0) is 13.2. The molecule has 1 aromatic carbocycles. The molecular formula is C16H22FNO. The largest absolute Gasteiger partial charge is 0.387 e. The number of likely N-dealkylation sites (tertiary alicyclic amines) is 1.